The molecular weight excluding hydrogens is 304 g/mol. The van der Waals surface area contributed by atoms with Crippen molar-refractivity contribution < 1.29 is 8.42 Å². The first-order valence-corrected chi connectivity index (χ1v) is 10.0. The zero-order valence-electron chi connectivity index (χ0n) is 12.9. The van der Waals surface area contributed by atoms with E-state index in [1.165, 1.54) is 11.3 Å². The van der Waals surface area contributed by atoms with Gasteiger partial charge < -0.3 is 5.73 Å². The van der Waals surface area contributed by atoms with Crippen LogP contribution in [-0.2, 0) is 16.6 Å². The molecule has 1 aliphatic carbocycles. The molecule has 1 aromatic heterocycles. The Kier molecular flexibility index (Phi) is 5.82. The second-order valence-electron chi connectivity index (χ2n) is 6.16. The summed E-state index contributed by atoms with van der Waals surface area (Å²) in [4.78, 5) is 0.920. The third kappa shape index (κ3) is 4.06. The Hall–Kier alpha value is -0.430. The van der Waals surface area contributed by atoms with E-state index in [2.05, 4.69) is 13.8 Å². The summed E-state index contributed by atoms with van der Waals surface area (Å²) in [6, 6.07) is 3.71. The highest BCUT2D eigenvalue weighted by Gasteiger charge is 2.33. The summed E-state index contributed by atoms with van der Waals surface area (Å²) in [5, 5.41) is 0. The zero-order valence-corrected chi connectivity index (χ0v) is 14.5. The van der Waals surface area contributed by atoms with Gasteiger partial charge in [-0.1, -0.05) is 26.7 Å². The van der Waals surface area contributed by atoms with E-state index in [-0.39, 0.29) is 6.04 Å². The Morgan fingerprint density at radius 2 is 2.00 bits per heavy atom. The standard InChI is InChI=1S/C15H26N2O2S2/c1-12(2)9-10-17(13-5-3-4-6-13)21(18,19)15-8-7-14(11-16)20-15/h7-8,12-13H,3-6,9-11,16H2,1-2H3. The number of thiophene rings is 1. The minimum atomic E-state index is -3.37. The van der Waals surface area contributed by atoms with Gasteiger partial charge in [-0.25, -0.2) is 8.42 Å². The zero-order chi connectivity index (χ0) is 15.5. The summed E-state index contributed by atoms with van der Waals surface area (Å²) in [5.74, 6) is 0.507. The molecular formula is C15H26N2O2S2. The smallest absolute Gasteiger partial charge is 0.252 e. The first-order valence-electron chi connectivity index (χ1n) is 7.75. The number of nitrogens with zero attached hydrogens (tertiary/aromatic N) is 1. The van der Waals surface area contributed by atoms with Gasteiger partial charge in [0.1, 0.15) is 4.21 Å². The van der Waals surface area contributed by atoms with E-state index < -0.39 is 10.0 Å². The lowest BCUT2D eigenvalue weighted by molar-refractivity contribution is 0.305. The van der Waals surface area contributed by atoms with Crippen LogP contribution in [0.15, 0.2) is 16.3 Å². The molecule has 0 aliphatic heterocycles. The summed E-state index contributed by atoms with van der Waals surface area (Å²) in [6.07, 6.45) is 5.16. The molecule has 0 atom stereocenters. The number of sulfonamides is 1. The maximum Gasteiger partial charge on any atom is 0.252 e. The second-order valence-corrected chi connectivity index (χ2v) is 9.45. The monoisotopic (exact) mass is 330 g/mol. The van der Waals surface area contributed by atoms with E-state index in [0.717, 1.165) is 37.0 Å². The van der Waals surface area contributed by atoms with Gasteiger partial charge in [-0.3, -0.25) is 0 Å². The molecule has 4 nitrogen and oxygen atoms in total. The molecule has 6 heteroatoms. The van der Waals surface area contributed by atoms with Crippen molar-refractivity contribution in [3.63, 3.8) is 0 Å². The van der Waals surface area contributed by atoms with E-state index in [1.807, 2.05) is 6.07 Å². The lowest BCUT2D eigenvalue weighted by atomic mass is 10.1. The maximum atomic E-state index is 13.0. The van der Waals surface area contributed by atoms with Gasteiger partial charge in [-0.2, -0.15) is 4.31 Å². The van der Waals surface area contributed by atoms with Crippen molar-refractivity contribution in [3.8, 4) is 0 Å². The summed E-state index contributed by atoms with van der Waals surface area (Å²) in [6.45, 7) is 5.30. The predicted molar refractivity (Wildman–Crippen MR) is 87.8 cm³/mol. The van der Waals surface area contributed by atoms with Gasteiger partial charge >= 0.3 is 0 Å². The summed E-state index contributed by atoms with van der Waals surface area (Å²) < 4.78 is 28.1. The average Bonchev–Trinajstić information content (AvgIpc) is 3.09. The van der Waals surface area contributed by atoms with Crippen molar-refractivity contribution in [2.75, 3.05) is 6.54 Å². The molecule has 120 valence electrons. The molecule has 0 bridgehead atoms. The van der Waals surface area contributed by atoms with Gasteiger partial charge in [0.2, 0.25) is 0 Å². The molecule has 1 aliphatic rings. The average molecular weight is 331 g/mol. The van der Waals surface area contributed by atoms with Crippen LogP contribution in [0.4, 0.5) is 0 Å². The minimum absolute atomic E-state index is 0.178. The summed E-state index contributed by atoms with van der Waals surface area (Å²) in [7, 11) is -3.37. The highest BCUT2D eigenvalue weighted by atomic mass is 32.2. The molecule has 1 saturated carbocycles. The highest BCUT2D eigenvalue weighted by molar-refractivity contribution is 7.91. The lowest BCUT2D eigenvalue weighted by Crippen LogP contribution is -2.39. The maximum absolute atomic E-state index is 13.0. The van der Waals surface area contributed by atoms with E-state index in [4.69, 9.17) is 5.73 Å². The molecule has 0 aromatic carbocycles. The van der Waals surface area contributed by atoms with Crippen LogP contribution >= 0.6 is 11.3 Å². The van der Waals surface area contributed by atoms with E-state index in [0.29, 0.717) is 23.2 Å². The fraction of sp³-hybridized carbons (Fsp3) is 0.733. The van der Waals surface area contributed by atoms with Crippen molar-refractivity contribution in [2.45, 2.75) is 62.7 Å². The molecule has 0 amide bonds. The molecule has 2 rings (SSSR count). The van der Waals surface area contributed by atoms with Gasteiger partial charge in [0, 0.05) is 24.0 Å². The molecule has 0 radical (unpaired) electrons. The third-order valence-electron chi connectivity index (χ3n) is 4.06. The van der Waals surface area contributed by atoms with Crippen LogP contribution in [0.25, 0.3) is 0 Å². The quantitative estimate of drug-likeness (QED) is 0.835. The van der Waals surface area contributed by atoms with Crippen LogP contribution in [0.2, 0.25) is 0 Å². The van der Waals surface area contributed by atoms with Gasteiger partial charge in [-0.05, 0) is 37.3 Å². The van der Waals surface area contributed by atoms with Gasteiger partial charge in [0.25, 0.3) is 10.0 Å². The largest absolute Gasteiger partial charge is 0.326 e. The molecule has 1 fully saturated rings. The third-order valence-corrected chi connectivity index (χ3v) is 7.59. The van der Waals surface area contributed by atoms with Crippen molar-refractivity contribution in [2.24, 2.45) is 11.7 Å². The normalized spacial score (nSPS) is 17.2. The molecule has 0 spiro atoms. The first-order chi connectivity index (χ1) is 9.95. The number of rotatable bonds is 7. The Balaban J connectivity index is 2.24. The van der Waals surface area contributed by atoms with Crippen LogP contribution in [0.3, 0.4) is 0 Å². The topological polar surface area (TPSA) is 63.4 Å². The van der Waals surface area contributed by atoms with Gasteiger partial charge in [-0.15, -0.1) is 11.3 Å². The molecule has 2 N–H and O–H groups in total. The molecule has 0 unspecified atom stereocenters. The minimum Gasteiger partial charge on any atom is -0.326 e. The predicted octanol–water partition coefficient (Wildman–Crippen LogP) is 3.19. The highest BCUT2D eigenvalue weighted by Crippen LogP contribution is 2.32. The van der Waals surface area contributed by atoms with Crippen LogP contribution in [0.5, 0.6) is 0 Å². The second kappa shape index (κ2) is 7.22. The van der Waals surface area contributed by atoms with Crippen LogP contribution in [0.1, 0.15) is 50.8 Å². The Morgan fingerprint density at radius 1 is 1.33 bits per heavy atom. The van der Waals surface area contributed by atoms with Crippen molar-refractivity contribution in [1.29, 1.82) is 0 Å². The van der Waals surface area contributed by atoms with Crippen molar-refractivity contribution in [3.05, 3.63) is 17.0 Å². The number of hydrogen-bond acceptors (Lipinski definition) is 4. The molecule has 21 heavy (non-hydrogen) atoms. The van der Waals surface area contributed by atoms with Crippen LogP contribution < -0.4 is 5.73 Å². The Bertz CT molecular complexity index is 546. The van der Waals surface area contributed by atoms with E-state index in [9.17, 15) is 8.42 Å². The van der Waals surface area contributed by atoms with Crippen LogP contribution in [-0.4, -0.2) is 25.3 Å². The van der Waals surface area contributed by atoms with E-state index in [1.54, 1.807) is 10.4 Å². The summed E-state index contributed by atoms with van der Waals surface area (Å²) in [5.41, 5.74) is 5.61. The van der Waals surface area contributed by atoms with Gasteiger partial charge in [0.15, 0.2) is 0 Å². The SMILES string of the molecule is CC(C)CCN(C1CCCC1)S(=O)(=O)c1ccc(CN)s1. The molecule has 1 heterocycles. The molecule has 0 saturated heterocycles. The number of hydrogen-bond donors (Lipinski definition) is 1. The van der Waals surface area contributed by atoms with Gasteiger partial charge in [0.05, 0.1) is 0 Å². The van der Waals surface area contributed by atoms with Crippen LogP contribution in [0, 0.1) is 5.92 Å². The lowest BCUT2D eigenvalue weighted by Gasteiger charge is -2.28. The van der Waals surface area contributed by atoms with Crippen molar-refractivity contribution >= 4 is 21.4 Å². The molecule has 1 aromatic rings. The first kappa shape index (κ1) is 16.9. The fourth-order valence-electron chi connectivity index (χ4n) is 2.80. The number of nitrogens with two attached hydrogens (primary N) is 1. The summed E-state index contributed by atoms with van der Waals surface area (Å²) >= 11 is 1.31. The van der Waals surface area contributed by atoms with Crippen molar-refractivity contribution in [1.82, 2.24) is 4.31 Å². The van der Waals surface area contributed by atoms with E-state index >= 15 is 0 Å². The fourth-order valence-corrected chi connectivity index (χ4v) is 5.86. The Morgan fingerprint density at radius 3 is 2.52 bits per heavy atom. The Labute approximate surface area is 132 Å².